The molecule has 6 heteroatoms. The summed E-state index contributed by atoms with van der Waals surface area (Å²) in [4.78, 5) is 1.97. The summed E-state index contributed by atoms with van der Waals surface area (Å²) < 4.78 is 39.4. The summed E-state index contributed by atoms with van der Waals surface area (Å²) in [5.41, 5.74) is 2.49. The molecule has 2 aromatic rings. The van der Waals surface area contributed by atoms with Crippen molar-refractivity contribution in [2.24, 2.45) is 0 Å². The lowest BCUT2D eigenvalue weighted by Crippen LogP contribution is -2.24. The maximum atomic E-state index is 12.8. The Kier molecular flexibility index (Phi) is 5.15. The third-order valence-corrected chi connectivity index (χ3v) is 4.52. The lowest BCUT2D eigenvalue weighted by Gasteiger charge is -2.13. The van der Waals surface area contributed by atoms with E-state index < -0.39 is 10.0 Å². The van der Waals surface area contributed by atoms with Gasteiger partial charge in [-0.15, -0.1) is 0 Å². The van der Waals surface area contributed by atoms with Crippen LogP contribution in [-0.4, -0.2) is 22.5 Å². The molecule has 0 saturated heterocycles. The molecule has 0 amide bonds. The van der Waals surface area contributed by atoms with Gasteiger partial charge < -0.3 is 4.90 Å². The summed E-state index contributed by atoms with van der Waals surface area (Å²) in [7, 11) is 0.435. The predicted octanol–water partition coefficient (Wildman–Crippen LogP) is 2.51. The van der Waals surface area contributed by atoms with Gasteiger partial charge >= 0.3 is 0 Å². The van der Waals surface area contributed by atoms with E-state index in [-0.39, 0.29) is 18.1 Å². The first-order valence-electron chi connectivity index (χ1n) is 6.84. The van der Waals surface area contributed by atoms with Gasteiger partial charge in [0.1, 0.15) is 5.82 Å². The largest absolute Gasteiger partial charge is 0.378 e. The van der Waals surface area contributed by atoms with Gasteiger partial charge in [0.2, 0.25) is 10.0 Å². The number of halogens is 1. The zero-order chi connectivity index (χ0) is 16.2. The minimum atomic E-state index is -3.45. The maximum Gasteiger partial charge on any atom is 0.216 e. The summed E-state index contributed by atoms with van der Waals surface area (Å²) in [5, 5.41) is 0. The molecule has 0 heterocycles. The van der Waals surface area contributed by atoms with Crippen LogP contribution >= 0.6 is 0 Å². The van der Waals surface area contributed by atoms with Crippen LogP contribution in [0.4, 0.5) is 10.1 Å². The zero-order valence-corrected chi connectivity index (χ0v) is 13.4. The van der Waals surface area contributed by atoms with Gasteiger partial charge in [-0.25, -0.2) is 17.5 Å². The number of hydrogen-bond donors (Lipinski definition) is 1. The fourth-order valence-corrected chi connectivity index (χ4v) is 3.08. The van der Waals surface area contributed by atoms with E-state index >= 15 is 0 Å². The van der Waals surface area contributed by atoms with Gasteiger partial charge in [0.05, 0.1) is 5.75 Å². The number of nitrogens with one attached hydrogen (secondary N) is 1. The van der Waals surface area contributed by atoms with Crippen molar-refractivity contribution in [2.45, 2.75) is 12.3 Å². The third-order valence-electron chi connectivity index (χ3n) is 3.22. The monoisotopic (exact) mass is 322 g/mol. The predicted molar refractivity (Wildman–Crippen MR) is 86.6 cm³/mol. The van der Waals surface area contributed by atoms with Crippen LogP contribution in [0.2, 0.25) is 0 Å². The maximum absolute atomic E-state index is 12.8. The molecule has 0 saturated carbocycles. The van der Waals surface area contributed by atoms with E-state index in [1.54, 1.807) is 0 Å². The van der Waals surface area contributed by atoms with Crippen molar-refractivity contribution in [3.63, 3.8) is 0 Å². The molecule has 0 radical (unpaired) electrons. The molecule has 2 rings (SSSR count). The number of nitrogens with zero attached hydrogens (tertiary/aromatic N) is 1. The van der Waals surface area contributed by atoms with E-state index in [2.05, 4.69) is 4.72 Å². The molecule has 0 bridgehead atoms. The lowest BCUT2D eigenvalue weighted by molar-refractivity contribution is 0.580. The van der Waals surface area contributed by atoms with E-state index in [4.69, 9.17) is 0 Å². The van der Waals surface area contributed by atoms with Crippen molar-refractivity contribution in [1.29, 1.82) is 0 Å². The molecule has 118 valence electrons. The van der Waals surface area contributed by atoms with Crippen LogP contribution in [0.3, 0.4) is 0 Å². The van der Waals surface area contributed by atoms with Gasteiger partial charge in [0.25, 0.3) is 0 Å². The fraction of sp³-hybridized carbons (Fsp3) is 0.250. The summed E-state index contributed by atoms with van der Waals surface area (Å²) in [6.07, 6.45) is 0. The highest BCUT2D eigenvalue weighted by atomic mass is 32.2. The molecule has 0 spiro atoms. The van der Waals surface area contributed by atoms with Crippen LogP contribution in [0, 0.1) is 5.82 Å². The van der Waals surface area contributed by atoms with Crippen molar-refractivity contribution in [3.05, 3.63) is 65.5 Å². The first-order chi connectivity index (χ1) is 10.4. The molecule has 0 aliphatic carbocycles. The van der Waals surface area contributed by atoms with Crippen molar-refractivity contribution in [2.75, 3.05) is 19.0 Å². The van der Waals surface area contributed by atoms with Crippen LogP contribution in [-0.2, 0) is 22.3 Å². The van der Waals surface area contributed by atoms with Gasteiger partial charge in [-0.2, -0.15) is 0 Å². The number of hydrogen-bond acceptors (Lipinski definition) is 3. The summed E-state index contributed by atoms with van der Waals surface area (Å²) in [5.74, 6) is -0.543. The van der Waals surface area contributed by atoms with Crippen LogP contribution in [0.1, 0.15) is 11.1 Å². The number of rotatable bonds is 6. The highest BCUT2D eigenvalue weighted by molar-refractivity contribution is 7.88. The van der Waals surface area contributed by atoms with E-state index in [0.29, 0.717) is 5.56 Å². The minimum Gasteiger partial charge on any atom is -0.378 e. The van der Waals surface area contributed by atoms with E-state index in [1.165, 1.54) is 24.3 Å². The number of anilines is 1. The van der Waals surface area contributed by atoms with Crippen LogP contribution in [0.25, 0.3) is 0 Å². The van der Waals surface area contributed by atoms with E-state index in [9.17, 15) is 12.8 Å². The van der Waals surface area contributed by atoms with Gasteiger partial charge in [0, 0.05) is 26.3 Å². The molecule has 1 N–H and O–H groups in total. The molecule has 2 aromatic carbocycles. The van der Waals surface area contributed by atoms with Crippen molar-refractivity contribution >= 4 is 15.7 Å². The van der Waals surface area contributed by atoms with E-state index in [0.717, 1.165) is 11.3 Å². The Balaban J connectivity index is 1.95. The van der Waals surface area contributed by atoms with Crippen LogP contribution < -0.4 is 9.62 Å². The summed E-state index contributed by atoms with van der Waals surface area (Å²) in [6, 6.07) is 13.1. The Hall–Kier alpha value is -1.92. The highest BCUT2D eigenvalue weighted by Gasteiger charge is 2.11. The SMILES string of the molecule is CN(C)c1ccc(CNS(=O)(=O)Cc2ccc(F)cc2)cc1. The lowest BCUT2D eigenvalue weighted by atomic mass is 10.2. The van der Waals surface area contributed by atoms with Crippen LogP contribution in [0.15, 0.2) is 48.5 Å². The fourth-order valence-electron chi connectivity index (χ4n) is 1.96. The normalized spacial score (nSPS) is 11.4. The average molecular weight is 322 g/mol. The number of sulfonamides is 1. The summed E-state index contributed by atoms with van der Waals surface area (Å²) >= 11 is 0. The second-order valence-corrected chi connectivity index (χ2v) is 7.07. The second kappa shape index (κ2) is 6.89. The van der Waals surface area contributed by atoms with Gasteiger partial charge in [0.15, 0.2) is 0 Å². The average Bonchev–Trinajstić information content (AvgIpc) is 2.48. The van der Waals surface area contributed by atoms with Crippen LogP contribution in [0.5, 0.6) is 0 Å². The summed E-state index contributed by atoms with van der Waals surface area (Å²) in [6.45, 7) is 0.233. The Labute approximate surface area is 130 Å². The highest BCUT2D eigenvalue weighted by Crippen LogP contribution is 2.13. The van der Waals surface area contributed by atoms with Crippen molar-refractivity contribution < 1.29 is 12.8 Å². The topological polar surface area (TPSA) is 49.4 Å². The Bertz CT molecular complexity index is 711. The molecular weight excluding hydrogens is 303 g/mol. The minimum absolute atomic E-state index is 0.164. The van der Waals surface area contributed by atoms with Gasteiger partial charge in [-0.1, -0.05) is 24.3 Å². The Morgan fingerprint density at radius 1 is 0.955 bits per heavy atom. The van der Waals surface area contributed by atoms with Crippen molar-refractivity contribution in [3.8, 4) is 0 Å². The van der Waals surface area contributed by atoms with Crippen molar-refractivity contribution in [1.82, 2.24) is 4.72 Å². The molecule has 22 heavy (non-hydrogen) atoms. The van der Waals surface area contributed by atoms with Gasteiger partial charge in [-0.05, 0) is 35.4 Å². The first kappa shape index (κ1) is 16.5. The molecule has 0 aromatic heterocycles. The van der Waals surface area contributed by atoms with E-state index in [1.807, 2.05) is 43.3 Å². The second-order valence-electron chi connectivity index (χ2n) is 5.27. The Morgan fingerprint density at radius 2 is 1.50 bits per heavy atom. The van der Waals surface area contributed by atoms with Gasteiger partial charge in [-0.3, -0.25) is 0 Å². The smallest absolute Gasteiger partial charge is 0.216 e. The molecule has 4 nitrogen and oxygen atoms in total. The molecule has 0 unspecified atom stereocenters. The third kappa shape index (κ3) is 4.82. The quantitative estimate of drug-likeness (QED) is 0.889. The molecule has 0 aliphatic heterocycles. The molecular formula is C16H19FN2O2S. The zero-order valence-electron chi connectivity index (χ0n) is 12.6. The Morgan fingerprint density at radius 3 is 2.05 bits per heavy atom. The number of benzene rings is 2. The molecule has 0 atom stereocenters. The molecule has 0 aliphatic rings. The first-order valence-corrected chi connectivity index (χ1v) is 8.49. The standard InChI is InChI=1S/C16H19FN2O2S/c1-19(2)16-9-5-13(6-10-16)11-18-22(20,21)12-14-3-7-15(17)8-4-14/h3-10,18H,11-12H2,1-2H3. The molecule has 0 fully saturated rings.